The highest BCUT2D eigenvalue weighted by atomic mass is 19.4. The number of carbonyl (C=O) groups excluding carboxylic acids is 2. The van der Waals surface area contributed by atoms with Crippen LogP contribution in [0.25, 0.3) is 0 Å². The highest BCUT2D eigenvalue weighted by Crippen LogP contribution is 2.60. The molecule has 4 unspecified atom stereocenters. The standard InChI is InChI=1S/C29H35F9O7/c1-13(2)23(39)43-20-11-25(41,27(30,31)32)42-12-21(20)45-26(28(33,34)35,29(36,37)38)22(44-24(40)14(3)4)10-19-17-6-15-5-16(8-17)9-18(19)7-15/h15-22,41H,1,3,5-12H2,2,4H3. The third-order valence-electron chi connectivity index (χ3n) is 9.57. The summed E-state index contributed by atoms with van der Waals surface area (Å²) in [6.45, 7) is 6.80. The fourth-order valence-corrected chi connectivity index (χ4v) is 7.62. The first kappa shape index (κ1) is 35.5. The summed E-state index contributed by atoms with van der Waals surface area (Å²) >= 11 is 0. The quantitative estimate of drug-likeness (QED) is 0.174. The molecule has 1 N–H and O–H groups in total. The SMILES string of the molecule is C=C(C)C(=O)OC1CC(O)(C(F)(F)F)OCC1OC(C(CC1C2CC3CC(C2)CC1C3)OC(=O)C(=C)C)(C(F)(F)F)C(F)(F)F. The second-order valence-electron chi connectivity index (χ2n) is 12.9. The van der Waals surface area contributed by atoms with Gasteiger partial charge in [0.25, 0.3) is 11.4 Å². The number of hydrogen-bond acceptors (Lipinski definition) is 7. The van der Waals surface area contributed by atoms with Crippen LogP contribution in [-0.2, 0) is 28.5 Å². The van der Waals surface area contributed by atoms with E-state index in [1.165, 1.54) is 0 Å². The van der Waals surface area contributed by atoms with Crippen molar-refractivity contribution in [3.8, 4) is 0 Å². The molecular formula is C29H35F9O7. The van der Waals surface area contributed by atoms with Crippen LogP contribution >= 0.6 is 0 Å². The highest BCUT2D eigenvalue weighted by molar-refractivity contribution is 5.87. The van der Waals surface area contributed by atoms with Gasteiger partial charge in [0.1, 0.15) is 18.3 Å². The molecule has 4 saturated carbocycles. The van der Waals surface area contributed by atoms with Crippen LogP contribution in [0.5, 0.6) is 0 Å². The Bertz CT molecular complexity index is 1140. The van der Waals surface area contributed by atoms with Gasteiger partial charge < -0.3 is 24.1 Å². The van der Waals surface area contributed by atoms with Crippen molar-refractivity contribution in [3.05, 3.63) is 24.3 Å². The second-order valence-corrected chi connectivity index (χ2v) is 12.9. The van der Waals surface area contributed by atoms with Crippen molar-refractivity contribution in [1.82, 2.24) is 0 Å². The van der Waals surface area contributed by atoms with Crippen LogP contribution in [0.2, 0.25) is 0 Å². The van der Waals surface area contributed by atoms with Crippen molar-refractivity contribution in [2.24, 2.45) is 29.6 Å². The number of ether oxygens (including phenoxy) is 4. The first-order valence-corrected chi connectivity index (χ1v) is 14.5. The van der Waals surface area contributed by atoms with Crippen LogP contribution in [0.15, 0.2) is 24.3 Å². The fraction of sp³-hybridized carbons (Fsp3) is 0.793. The van der Waals surface area contributed by atoms with E-state index in [9.17, 15) is 27.9 Å². The van der Waals surface area contributed by atoms with Crippen LogP contribution in [0.4, 0.5) is 39.5 Å². The molecule has 0 aromatic rings. The van der Waals surface area contributed by atoms with Crippen LogP contribution in [-0.4, -0.2) is 71.9 Å². The average molecular weight is 667 g/mol. The maximum Gasteiger partial charge on any atom is 0.443 e. The number of esters is 2. The molecule has 4 atom stereocenters. The Morgan fingerprint density at radius 2 is 1.33 bits per heavy atom. The van der Waals surface area contributed by atoms with Crippen molar-refractivity contribution < 1.29 is 73.2 Å². The summed E-state index contributed by atoms with van der Waals surface area (Å²) in [6, 6.07) is 0. The largest absolute Gasteiger partial charge is 0.456 e. The molecule has 1 heterocycles. The summed E-state index contributed by atoms with van der Waals surface area (Å²) in [7, 11) is 0. The number of aliphatic hydroxyl groups is 1. The van der Waals surface area contributed by atoms with Gasteiger partial charge in [0.2, 0.25) is 0 Å². The van der Waals surface area contributed by atoms with E-state index in [-0.39, 0.29) is 11.8 Å². The van der Waals surface area contributed by atoms with E-state index in [1.807, 2.05) is 0 Å². The van der Waals surface area contributed by atoms with Gasteiger partial charge in [-0.2, -0.15) is 39.5 Å². The lowest BCUT2D eigenvalue weighted by Gasteiger charge is -2.56. The fourth-order valence-electron chi connectivity index (χ4n) is 7.62. The molecule has 16 heteroatoms. The van der Waals surface area contributed by atoms with Gasteiger partial charge in [0, 0.05) is 11.1 Å². The van der Waals surface area contributed by atoms with Crippen LogP contribution in [0.1, 0.15) is 58.8 Å². The maximum atomic E-state index is 15.0. The molecule has 5 aliphatic rings. The number of rotatable bonds is 9. The van der Waals surface area contributed by atoms with Crippen LogP contribution < -0.4 is 0 Å². The molecule has 1 aliphatic heterocycles. The summed E-state index contributed by atoms with van der Waals surface area (Å²) in [4.78, 5) is 24.8. The number of carbonyl (C=O) groups is 2. The summed E-state index contributed by atoms with van der Waals surface area (Å²) < 4.78 is 150. The van der Waals surface area contributed by atoms with Gasteiger partial charge in [0.05, 0.1) is 13.0 Å². The monoisotopic (exact) mass is 666 g/mol. The lowest BCUT2D eigenvalue weighted by atomic mass is 9.51. The minimum Gasteiger partial charge on any atom is -0.456 e. The molecule has 0 radical (unpaired) electrons. The van der Waals surface area contributed by atoms with Gasteiger partial charge in [0.15, 0.2) is 0 Å². The Hall–Kier alpha value is -2.33. The van der Waals surface area contributed by atoms with Crippen molar-refractivity contribution >= 4 is 11.9 Å². The minimum absolute atomic E-state index is 0.226. The summed E-state index contributed by atoms with van der Waals surface area (Å²) in [5.74, 6) is -7.71. The van der Waals surface area contributed by atoms with E-state index in [2.05, 4.69) is 17.9 Å². The molecule has 0 aromatic carbocycles. The molecule has 1 saturated heterocycles. The van der Waals surface area contributed by atoms with Crippen LogP contribution in [0, 0.1) is 29.6 Å². The van der Waals surface area contributed by atoms with E-state index < -0.39 is 96.7 Å². The zero-order chi connectivity index (χ0) is 33.9. The Kier molecular flexibility index (Phi) is 9.50. The van der Waals surface area contributed by atoms with Gasteiger partial charge in [-0.25, -0.2) is 9.59 Å². The van der Waals surface area contributed by atoms with Gasteiger partial charge in [-0.05, 0) is 82.0 Å². The predicted molar refractivity (Wildman–Crippen MR) is 136 cm³/mol. The van der Waals surface area contributed by atoms with Crippen molar-refractivity contribution in [2.45, 2.75) is 107 Å². The minimum atomic E-state index is -6.38. The molecule has 45 heavy (non-hydrogen) atoms. The number of alkyl halides is 9. The predicted octanol–water partition coefficient (Wildman–Crippen LogP) is 6.34. The summed E-state index contributed by atoms with van der Waals surface area (Å²) in [5, 5.41) is 10.0. The average Bonchev–Trinajstić information content (AvgIpc) is 2.87. The zero-order valence-corrected chi connectivity index (χ0v) is 24.5. The van der Waals surface area contributed by atoms with E-state index in [4.69, 9.17) is 14.2 Å². The molecule has 5 rings (SSSR count). The first-order valence-electron chi connectivity index (χ1n) is 14.5. The Labute approximate surface area is 253 Å². The van der Waals surface area contributed by atoms with E-state index in [1.54, 1.807) is 0 Å². The molecule has 4 aliphatic carbocycles. The normalized spacial score (nSPS) is 34.3. The maximum absolute atomic E-state index is 15.0. The second kappa shape index (κ2) is 12.0. The Balaban J connectivity index is 1.79. The Morgan fingerprint density at radius 1 is 0.844 bits per heavy atom. The first-order chi connectivity index (χ1) is 20.5. The molecule has 256 valence electrons. The van der Waals surface area contributed by atoms with Crippen LogP contribution in [0.3, 0.4) is 0 Å². The van der Waals surface area contributed by atoms with E-state index >= 15 is 26.3 Å². The molecule has 5 fully saturated rings. The van der Waals surface area contributed by atoms with Crippen molar-refractivity contribution in [3.63, 3.8) is 0 Å². The van der Waals surface area contributed by atoms with E-state index in [0.29, 0.717) is 37.5 Å². The van der Waals surface area contributed by atoms with Crippen molar-refractivity contribution in [1.29, 1.82) is 0 Å². The van der Waals surface area contributed by atoms with Gasteiger partial charge in [-0.3, -0.25) is 0 Å². The molecule has 4 bridgehead atoms. The number of halogens is 9. The van der Waals surface area contributed by atoms with E-state index in [0.717, 1.165) is 20.3 Å². The summed E-state index contributed by atoms with van der Waals surface area (Å²) in [5.41, 5.74) is -6.27. The molecule has 0 amide bonds. The van der Waals surface area contributed by atoms with Crippen molar-refractivity contribution in [2.75, 3.05) is 6.61 Å². The van der Waals surface area contributed by atoms with Gasteiger partial charge in [-0.1, -0.05) is 13.2 Å². The molecule has 7 nitrogen and oxygen atoms in total. The Morgan fingerprint density at radius 3 is 1.76 bits per heavy atom. The van der Waals surface area contributed by atoms with Gasteiger partial charge >= 0.3 is 30.5 Å². The third kappa shape index (κ3) is 6.74. The summed E-state index contributed by atoms with van der Waals surface area (Å²) in [6.07, 6.45) is -26.0. The lowest BCUT2D eigenvalue weighted by molar-refractivity contribution is -0.438. The zero-order valence-electron chi connectivity index (χ0n) is 24.5. The molecule has 0 spiro atoms. The molecular weight excluding hydrogens is 631 g/mol. The third-order valence-corrected chi connectivity index (χ3v) is 9.57. The molecule has 0 aromatic heterocycles. The topological polar surface area (TPSA) is 91.3 Å². The highest BCUT2D eigenvalue weighted by Gasteiger charge is 2.79. The van der Waals surface area contributed by atoms with Gasteiger partial charge in [-0.15, -0.1) is 0 Å². The smallest absolute Gasteiger partial charge is 0.443 e. The lowest BCUT2D eigenvalue weighted by Crippen LogP contribution is -2.70. The number of hydrogen-bond donors (Lipinski definition) is 1.